The molecule has 12 heteroatoms. The van der Waals surface area contributed by atoms with Crippen molar-refractivity contribution in [3.05, 3.63) is 35.7 Å². The van der Waals surface area contributed by atoms with Crippen molar-refractivity contribution in [2.24, 2.45) is 0 Å². The Hall–Kier alpha value is -2.70. The van der Waals surface area contributed by atoms with Crippen molar-refractivity contribution in [2.45, 2.75) is 4.90 Å². The lowest BCUT2D eigenvalue weighted by Crippen LogP contribution is -2.37. The lowest BCUT2D eigenvalue weighted by atomic mass is 10.1. The number of nitrogens with one attached hydrogen (secondary N) is 2. The number of thioether (sulfide) groups is 1. The third kappa shape index (κ3) is 4.87. The molecule has 2 amide bonds. The summed E-state index contributed by atoms with van der Waals surface area (Å²) in [7, 11) is 2.38. The van der Waals surface area contributed by atoms with Crippen LogP contribution in [0.5, 0.6) is 11.5 Å². The van der Waals surface area contributed by atoms with Gasteiger partial charge in [0.15, 0.2) is 11.5 Å². The Bertz CT molecular complexity index is 1110. The van der Waals surface area contributed by atoms with Crippen molar-refractivity contribution in [3.8, 4) is 11.5 Å². The van der Waals surface area contributed by atoms with Crippen LogP contribution in [0.15, 0.2) is 29.3 Å². The normalized spacial score (nSPS) is 14.6. The minimum atomic E-state index is -3.69. The van der Waals surface area contributed by atoms with Crippen LogP contribution in [0.4, 0.5) is 5.69 Å². The van der Waals surface area contributed by atoms with Gasteiger partial charge in [-0.25, -0.2) is 8.42 Å². The molecule has 0 radical (unpaired) electrons. The molecule has 32 heavy (non-hydrogen) atoms. The van der Waals surface area contributed by atoms with Gasteiger partial charge in [0.05, 0.1) is 25.5 Å². The van der Waals surface area contributed by atoms with Crippen LogP contribution in [0.25, 0.3) is 0 Å². The Labute approximate surface area is 191 Å². The highest BCUT2D eigenvalue weighted by Gasteiger charge is 2.28. The van der Waals surface area contributed by atoms with Gasteiger partial charge < -0.3 is 24.7 Å². The minimum absolute atomic E-state index is 0.0199. The highest BCUT2D eigenvalue weighted by Crippen LogP contribution is 2.34. The minimum Gasteiger partial charge on any atom is -0.493 e. The summed E-state index contributed by atoms with van der Waals surface area (Å²) in [4.78, 5) is 29.6. The maximum absolute atomic E-state index is 12.9. The van der Waals surface area contributed by atoms with Crippen LogP contribution in [0.2, 0.25) is 0 Å². The number of sulfonamides is 1. The van der Waals surface area contributed by atoms with E-state index in [0.29, 0.717) is 24.6 Å². The number of aromatic nitrogens is 1. The molecule has 2 aromatic rings. The van der Waals surface area contributed by atoms with E-state index >= 15 is 0 Å². The van der Waals surface area contributed by atoms with E-state index in [-0.39, 0.29) is 27.7 Å². The van der Waals surface area contributed by atoms with Crippen LogP contribution >= 0.6 is 11.8 Å². The predicted molar refractivity (Wildman–Crippen MR) is 122 cm³/mol. The van der Waals surface area contributed by atoms with Gasteiger partial charge in [0.1, 0.15) is 10.6 Å². The van der Waals surface area contributed by atoms with Gasteiger partial charge in [-0.05, 0) is 12.1 Å². The van der Waals surface area contributed by atoms with Crippen LogP contribution in [0.1, 0.15) is 20.8 Å². The second-order valence-corrected chi connectivity index (χ2v) is 10.3. The zero-order valence-corrected chi connectivity index (χ0v) is 19.9. The van der Waals surface area contributed by atoms with E-state index < -0.39 is 15.9 Å². The monoisotopic (exact) mass is 482 g/mol. The van der Waals surface area contributed by atoms with Crippen LogP contribution < -0.4 is 14.8 Å². The highest BCUT2D eigenvalue weighted by molar-refractivity contribution is 7.99. The predicted octanol–water partition coefficient (Wildman–Crippen LogP) is 1.72. The van der Waals surface area contributed by atoms with Crippen molar-refractivity contribution >= 4 is 39.3 Å². The molecule has 1 aromatic heterocycles. The van der Waals surface area contributed by atoms with E-state index in [1.54, 1.807) is 25.9 Å². The van der Waals surface area contributed by atoms with E-state index in [1.807, 2.05) is 0 Å². The summed E-state index contributed by atoms with van der Waals surface area (Å²) < 4.78 is 37.6. The lowest BCUT2D eigenvalue weighted by molar-refractivity contribution is 0.0828. The molecule has 10 nitrogen and oxygen atoms in total. The van der Waals surface area contributed by atoms with Crippen molar-refractivity contribution in [1.29, 1.82) is 0 Å². The van der Waals surface area contributed by atoms with Crippen molar-refractivity contribution in [3.63, 3.8) is 0 Å². The standard InChI is InChI=1S/C20H26N4O6S2/c1-23(2)20(26)14-10-17(29-3)18(30-4)11-15(14)22-19(25)16-9-13(12-21-16)32(27,28)24-5-7-31-8-6-24/h9-12,21H,5-8H2,1-4H3,(H,22,25). The van der Waals surface area contributed by atoms with Gasteiger partial charge in [0, 0.05) is 51.0 Å². The SMILES string of the molecule is COc1cc(NC(=O)c2cc(S(=O)(=O)N3CCSCC3)c[nH]2)c(C(=O)N(C)C)cc1OC. The van der Waals surface area contributed by atoms with Crippen molar-refractivity contribution in [2.75, 3.05) is 58.2 Å². The number of anilines is 1. The third-order valence-electron chi connectivity index (χ3n) is 4.92. The largest absolute Gasteiger partial charge is 0.493 e. The third-order valence-corrected chi connectivity index (χ3v) is 7.74. The smallest absolute Gasteiger partial charge is 0.272 e. The van der Waals surface area contributed by atoms with Gasteiger partial charge in [-0.2, -0.15) is 16.1 Å². The number of ether oxygens (including phenoxy) is 2. The number of hydrogen-bond acceptors (Lipinski definition) is 7. The average molecular weight is 483 g/mol. The molecular formula is C20H26N4O6S2. The summed E-state index contributed by atoms with van der Waals surface area (Å²) >= 11 is 1.70. The van der Waals surface area contributed by atoms with Gasteiger partial charge in [0.25, 0.3) is 11.8 Å². The summed E-state index contributed by atoms with van der Waals surface area (Å²) in [5.41, 5.74) is 0.456. The first-order valence-electron chi connectivity index (χ1n) is 9.74. The lowest BCUT2D eigenvalue weighted by Gasteiger charge is -2.24. The van der Waals surface area contributed by atoms with Gasteiger partial charge >= 0.3 is 0 Å². The van der Waals surface area contributed by atoms with Crippen LogP contribution in [0, 0.1) is 0 Å². The van der Waals surface area contributed by atoms with E-state index in [0.717, 1.165) is 11.5 Å². The molecule has 174 valence electrons. The molecular weight excluding hydrogens is 456 g/mol. The number of H-pyrrole nitrogens is 1. The average Bonchev–Trinajstić information content (AvgIpc) is 3.30. The molecule has 2 heterocycles. The molecule has 1 aliphatic rings. The second-order valence-electron chi connectivity index (χ2n) is 7.17. The molecule has 0 aliphatic carbocycles. The maximum Gasteiger partial charge on any atom is 0.272 e. The Morgan fingerprint density at radius 3 is 2.31 bits per heavy atom. The summed E-state index contributed by atoms with van der Waals surface area (Å²) in [6.45, 7) is 0.864. The van der Waals surface area contributed by atoms with E-state index in [9.17, 15) is 18.0 Å². The fourth-order valence-corrected chi connectivity index (χ4v) is 5.75. The second kappa shape index (κ2) is 9.84. The molecule has 1 aliphatic heterocycles. The molecule has 0 unspecified atom stereocenters. The molecule has 3 rings (SSSR count). The fourth-order valence-electron chi connectivity index (χ4n) is 3.18. The van der Waals surface area contributed by atoms with Gasteiger partial charge in [-0.3, -0.25) is 9.59 Å². The van der Waals surface area contributed by atoms with Gasteiger partial charge in [-0.1, -0.05) is 0 Å². The molecule has 1 fully saturated rings. The quantitative estimate of drug-likeness (QED) is 0.616. The Balaban J connectivity index is 1.89. The number of methoxy groups -OCH3 is 2. The zero-order valence-electron chi connectivity index (χ0n) is 18.3. The summed E-state index contributed by atoms with van der Waals surface area (Å²) in [5, 5.41) is 2.67. The van der Waals surface area contributed by atoms with Crippen molar-refractivity contribution in [1.82, 2.24) is 14.2 Å². The number of carbonyl (C=O) groups is 2. The number of carbonyl (C=O) groups excluding carboxylic acids is 2. The van der Waals surface area contributed by atoms with E-state index in [1.165, 1.54) is 47.8 Å². The van der Waals surface area contributed by atoms with Crippen LogP contribution in [-0.4, -0.2) is 87.3 Å². The Kier molecular flexibility index (Phi) is 7.36. The van der Waals surface area contributed by atoms with E-state index in [2.05, 4.69) is 10.3 Å². The molecule has 2 N–H and O–H groups in total. The Morgan fingerprint density at radius 1 is 1.09 bits per heavy atom. The number of hydrogen-bond donors (Lipinski definition) is 2. The molecule has 0 spiro atoms. The first-order chi connectivity index (χ1) is 15.2. The topological polar surface area (TPSA) is 121 Å². The van der Waals surface area contributed by atoms with Crippen LogP contribution in [0.3, 0.4) is 0 Å². The summed E-state index contributed by atoms with van der Waals surface area (Å²) in [6.07, 6.45) is 1.30. The zero-order chi connectivity index (χ0) is 23.5. The molecule has 0 atom stereocenters. The molecule has 0 saturated carbocycles. The molecule has 1 aromatic carbocycles. The number of aromatic amines is 1. The number of benzene rings is 1. The first-order valence-corrected chi connectivity index (χ1v) is 12.3. The molecule has 0 bridgehead atoms. The van der Waals surface area contributed by atoms with Gasteiger partial charge in [0.2, 0.25) is 10.0 Å². The highest BCUT2D eigenvalue weighted by atomic mass is 32.2. The van der Waals surface area contributed by atoms with Crippen LogP contribution in [-0.2, 0) is 10.0 Å². The molecule has 1 saturated heterocycles. The Morgan fingerprint density at radius 2 is 1.72 bits per heavy atom. The van der Waals surface area contributed by atoms with Gasteiger partial charge in [-0.15, -0.1) is 0 Å². The summed E-state index contributed by atoms with van der Waals surface area (Å²) in [6, 6.07) is 4.26. The fraction of sp³-hybridized carbons (Fsp3) is 0.400. The number of nitrogens with zero attached hydrogens (tertiary/aromatic N) is 2. The first kappa shape index (κ1) is 24.0. The van der Waals surface area contributed by atoms with E-state index in [4.69, 9.17) is 9.47 Å². The summed E-state index contributed by atoms with van der Waals surface area (Å²) in [5.74, 6) is 1.19. The maximum atomic E-state index is 12.9. The number of rotatable bonds is 7. The number of amides is 2. The van der Waals surface area contributed by atoms with Crippen molar-refractivity contribution < 1.29 is 27.5 Å².